The number of nitrogens with zero attached hydrogens (tertiary/aromatic N) is 4. The van der Waals surface area contributed by atoms with Gasteiger partial charge in [-0.25, -0.2) is 15.0 Å². The predicted octanol–water partition coefficient (Wildman–Crippen LogP) is 4.60. The second-order valence-electron chi connectivity index (χ2n) is 7.31. The maximum atomic E-state index is 9.64. The number of aromatic nitrogens is 3. The van der Waals surface area contributed by atoms with E-state index in [9.17, 15) is 5.26 Å². The average molecular weight is 403 g/mol. The van der Waals surface area contributed by atoms with Crippen LogP contribution in [0.2, 0.25) is 5.15 Å². The Bertz CT molecular complexity index is 1020. The minimum absolute atomic E-state index is 0.335. The largest absolute Gasteiger partial charge is 0.360 e. The second kappa shape index (κ2) is 7.89. The van der Waals surface area contributed by atoms with Crippen molar-refractivity contribution in [3.63, 3.8) is 0 Å². The van der Waals surface area contributed by atoms with E-state index in [1.807, 2.05) is 29.7 Å². The van der Waals surface area contributed by atoms with Gasteiger partial charge in [-0.3, -0.25) is 4.98 Å². The Morgan fingerprint density at radius 3 is 2.70 bits per heavy atom. The van der Waals surface area contributed by atoms with Crippen LogP contribution in [0.1, 0.15) is 11.3 Å². The highest BCUT2D eigenvalue weighted by Crippen LogP contribution is 2.34. The maximum absolute atomic E-state index is 9.64. The van der Waals surface area contributed by atoms with E-state index in [1.54, 1.807) is 12.3 Å². The molecule has 3 rings (SSSR count). The highest BCUT2D eigenvalue weighted by Gasteiger charge is 2.17. The van der Waals surface area contributed by atoms with Gasteiger partial charge in [-0.05, 0) is 43.9 Å². The van der Waals surface area contributed by atoms with Crippen LogP contribution in [0.15, 0.2) is 30.5 Å². The molecule has 0 aliphatic rings. The van der Waals surface area contributed by atoms with Gasteiger partial charge in [0.1, 0.15) is 23.6 Å². The molecule has 0 aliphatic heterocycles. The van der Waals surface area contributed by atoms with E-state index in [0.29, 0.717) is 29.7 Å². The van der Waals surface area contributed by atoms with Gasteiger partial charge in [-0.1, -0.05) is 17.7 Å². The van der Waals surface area contributed by atoms with Gasteiger partial charge < -0.3 is 9.30 Å². The summed E-state index contributed by atoms with van der Waals surface area (Å²) in [5.74, 6) is 1.03. The SMILES string of the molecule is Cc1cccc(-c2cc(Cl)nc3c2c(C#N)cn3COCCS(C)(C)C)n1. The lowest BCUT2D eigenvalue weighted by atomic mass is 10.1. The Balaban J connectivity index is 2.02. The van der Waals surface area contributed by atoms with E-state index in [1.165, 1.54) is 0 Å². The highest BCUT2D eigenvalue weighted by molar-refractivity contribution is 8.32. The number of rotatable bonds is 6. The summed E-state index contributed by atoms with van der Waals surface area (Å²) >= 11 is 6.29. The van der Waals surface area contributed by atoms with E-state index < -0.39 is 10.0 Å². The summed E-state index contributed by atoms with van der Waals surface area (Å²) in [7, 11) is -0.606. The van der Waals surface area contributed by atoms with Gasteiger partial charge in [0.05, 0.1) is 17.9 Å². The maximum Gasteiger partial charge on any atom is 0.145 e. The monoisotopic (exact) mass is 402 g/mol. The third-order valence-electron chi connectivity index (χ3n) is 4.15. The molecule has 0 fully saturated rings. The lowest BCUT2D eigenvalue weighted by molar-refractivity contribution is 0.0923. The van der Waals surface area contributed by atoms with Crippen molar-refractivity contribution in [1.82, 2.24) is 14.5 Å². The minimum atomic E-state index is -0.606. The van der Waals surface area contributed by atoms with Crippen molar-refractivity contribution < 1.29 is 4.74 Å². The quantitative estimate of drug-likeness (QED) is 0.446. The topological polar surface area (TPSA) is 63.7 Å². The Morgan fingerprint density at radius 2 is 2.04 bits per heavy atom. The van der Waals surface area contributed by atoms with Crippen molar-refractivity contribution in [3.05, 3.63) is 46.9 Å². The zero-order valence-corrected chi connectivity index (χ0v) is 17.6. The summed E-state index contributed by atoms with van der Waals surface area (Å²) in [5, 5.41) is 10.8. The summed E-state index contributed by atoms with van der Waals surface area (Å²) < 4.78 is 7.69. The molecule has 0 radical (unpaired) electrons. The Morgan fingerprint density at radius 1 is 1.26 bits per heavy atom. The second-order valence-corrected chi connectivity index (χ2v) is 12.3. The van der Waals surface area contributed by atoms with E-state index in [0.717, 1.165) is 28.1 Å². The Hall–Kier alpha value is -2.07. The molecule has 5 nitrogen and oxygen atoms in total. The summed E-state index contributed by atoms with van der Waals surface area (Å²) in [6.45, 7) is 2.94. The standard InChI is InChI=1S/C20H23ClN4OS/c1-14-6-5-7-17(23-14)16-10-18(21)24-20-19(16)15(11-22)12-25(20)13-26-8-9-27(2,3)4/h5-7,10,12H,8-9,13H2,1-4H3. The average Bonchev–Trinajstić information content (AvgIpc) is 2.95. The van der Waals surface area contributed by atoms with E-state index in [-0.39, 0.29) is 0 Å². The van der Waals surface area contributed by atoms with Crippen LogP contribution < -0.4 is 0 Å². The van der Waals surface area contributed by atoms with Crippen LogP contribution in [-0.4, -0.2) is 45.7 Å². The fourth-order valence-corrected chi connectivity index (χ4v) is 3.61. The summed E-state index contributed by atoms with van der Waals surface area (Å²) in [5.41, 5.74) is 3.66. The molecule has 0 saturated heterocycles. The van der Waals surface area contributed by atoms with Crippen molar-refractivity contribution in [2.24, 2.45) is 0 Å². The molecule has 0 atom stereocenters. The molecule has 0 saturated carbocycles. The summed E-state index contributed by atoms with van der Waals surface area (Å²) in [6, 6.07) is 9.83. The first-order chi connectivity index (χ1) is 12.8. The third-order valence-corrected chi connectivity index (χ3v) is 5.74. The number of nitriles is 1. The molecule has 0 spiro atoms. The lowest BCUT2D eigenvalue weighted by Gasteiger charge is -2.24. The zero-order chi connectivity index (χ0) is 19.6. The molecule has 3 heterocycles. The fraction of sp³-hybridized carbons (Fsp3) is 0.350. The molecule has 0 bridgehead atoms. The molecule has 7 heteroatoms. The van der Waals surface area contributed by atoms with E-state index in [4.69, 9.17) is 16.3 Å². The summed E-state index contributed by atoms with van der Waals surface area (Å²) in [4.78, 5) is 9.04. The van der Waals surface area contributed by atoms with Crippen LogP contribution >= 0.6 is 21.6 Å². The minimum Gasteiger partial charge on any atom is -0.360 e. The number of aryl methyl sites for hydroxylation is 1. The van der Waals surface area contributed by atoms with Crippen LogP contribution in [0.3, 0.4) is 0 Å². The zero-order valence-electron chi connectivity index (χ0n) is 16.0. The molecule has 3 aromatic rings. The molecule has 0 amide bonds. The van der Waals surface area contributed by atoms with Crippen LogP contribution in [0.25, 0.3) is 22.3 Å². The van der Waals surface area contributed by atoms with E-state index in [2.05, 4.69) is 34.8 Å². The molecular formula is C20H23ClN4OS. The predicted molar refractivity (Wildman–Crippen MR) is 114 cm³/mol. The van der Waals surface area contributed by atoms with Crippen molar-refractivity contribution in [2.75, 3.05) is 31.1 Å². The van der Waals surface area contributed by atoms with Gasteiger partial charge in [-0.2, -0.15) is 5.26 Å². The van der Waals surface area contributed by atoms with Crippen LogP contribution in [-0.2, 0) is 11.5 Å². The lowest BCUT2D eigenvalue weighted by Crippen LogP contribution is -2.09. The smallest absolute Gasteiger partial charge is 0.145 e. The van der Waals surface area contributed by atoms with Gasteiger partial charge in [-0.15, -0.1) is 0 Å². The van der Waals surface area contributed by atoms with Gasteiger partial charge in [0, 0.05) is 28.6 Å². The van der Waals surface area contributed by atoms with Crippen molar-refractivity contribution in [2.45, 2.75) is 13.7 Å². The third kappa shape index (κ3) is 4.62. The first kappa shape index (κ1) is 19.7. The number of hydrogen-bond acceptors (Lipinski definition) is 4. The van der Waals surface area contributed by atoms with Crippen molar-refractivity contribution in [1.29, 1.82) is 5.26 Å². The Labute approximate surface area is 166 Å². The van der Waals surface area contributed by atoms with Crippen LogP contribution in [0, 0.1) is 18.3 Å². The van der Waals surface area contributed by atoms with Crippen LogP contribution in [0.5, 0.6) is 0 Å². The van der Waals surface area contributed by atoms with Gasteiger partial charge in [0.25, 0.3) is 0 Å². The van der Waals surface area contributed by atoms with Gasteiger partial charge in [0.2, 0.25) is 0 Å². The van der Waals surface area contributed by atoms with Crippen LogP contribution in [0.4, 0.5) is 0 Å². The molecule has 0 unspecified atom stereocenters. The molecule has 0 N–H and O–H groups in total. The molecule has 0 aliphatic carbocycles. The van der Waals surface area contributed by atoms with E-state index >= 15 is 0 Å². The molecule has 0 aromatic carbocycles. The molecule has 3 aromatic heterocycles. The first-order valence-electron chi connectivity index (χ1n) is 8.56. The van der Waals surface area contributed by atoms with Crippen molar-refractivity contribution in [3.8, 4) is 17.3 Å². The van der Waals surface area contributed by atoms with Gasteiger partial charge >= 0.3 is 0 Å². The molecule has 142 valence electrons. The first-order valence-corrected chi connectivity index (χ1v) is 12.0. The normalized spacial score (nSPS) is 12.3. The number of halogens is 1. The van der Waals surface area contributed by atoms with Crippen molar-refractivity contribution >= 4 is 32.7 Å². The van der Waals surface area contributed by atoms with Gasteiger partial charge in [0.15, 0.2) is 0 Å². The fourth-order valence-electron chi connectivity index (χ4n) is 2.81. The molecule has 27 heavy (non-hydrogen) atoms. The number of ether oxygens (including phenoxy) is 1. The number of hydrogen-bond donors (Lipinski definition) is 0. The Kier molecular flexibility index (Phi) is 5.75. The number of fused-ring (bicyclic) bond motifs is 1. The summed E-state index contributed by atoms with van der Waals surface area (Å²) in [6.07, 6.45) is 8.56. The highest BCUT2D eigenvalue weighted by atomic mass is 35.5. The number of pyridine rings is 2. The molecular weight excluding hydrogens is 380 g/mol.